The van der Waals surface area contributed by atoms with Crippen LogP contribution in [-0.4, -0.2) is 19.8 Å². The van der Waals surface area contributed by atoms with Gasteiger partial charge in [0.2, 0.25) is 5.95 Å². The summed E-state index contributed by atoms with van der Waals surface area (Å²) in [5.41, 5.74) is 11.6. The number of nitrogens with two attached hydrogens (primary N) is 2. The smallest absolute Gasteiger partial charge is 0.223 e. The Morgan fingerprint density at radius 1 is 1.50 bits per heavy atom. The predicted octanol–water partition coefficient (Wildman–Crippen LogP) is -0.778. The summed E-state index contributed by atoms with van der Waals surface area (Å²) in [7, 11) is 0. The van der Waals surface area contributed by atoms with Crippen LogP contribution in [0, 0.1) is 0 Å². The summed E-state index contributed by atoms with van der Waals surface area (Å²) in [6, 6.07) is 0. The minimum Gasteiger partial charge on any atom is -0.382 e. The van der Waals surface area contributed by atoms with Crippen molar-refractivity contribution in [3.8, 4) is 0 Å². The molecular weight excluding hydrogens is 132 g/mol. The highest BCUT2D eigenvalue weighted by molar-refractivity contribution is 5.67. The summed E-state index contributed by atoms with van der Waals surface area (Å²) >= 11 is 0. The van der Waals surface area contributed by atoms with Crippen LogP contribution in [-0.2, 0) is 0 Å². The Morgan fingerprint density at radius 3 is 3.00 bits per heavy atom. The lowest BCUT2D eigenvalue weighted by Crippen LogP contribution is -1.94. The number of anilines is 2. The molecule has 0 bridgehead atoms. The minimum atomic E-state index is 0.324. The SMILES string of the molecule is Nc1nc(N)n2[nH]ncc12. The molecule has 2 aromatic rings. The van der Waals surface area contributed by atoms with Gasteiger partial charge in [-0.3, -0.25) is 0 Å². The number of nitrogens with one attached hydrogen (secondary N) is 1. The Bertz CT molecular complexity index is 325. The Balaban J connectivity index is 2.98. The zero-order chi connectivity index (χ0) is 7.14. The molecule has 2 rings (SSSR count). The maximum Gasteiger partial charge on any atom is 0.223 e. The monoisotopic (exact) mass is 138 g/mol. The van der Waals surface area contributed by atoms with Crippen molar-refractivity contribution in [2.75, 3.05) is 11.5 Å². The molecular formula is C4H6N6. The summed E-state index contributed by atoms with van der Waals surface area (Å²) in [5, 5.41) is 6.33. The normalized spacial score (nSPS) is 10.8. The maximum atomic E-state index is 5.45. The Labute approximate surface area is 55.8 Å². The van der Waals surface area contributed by atoms with Gasteiger partial charge in [0.25, 0.3) is 0 Å². The Morgan fingerprint density at radius 2 is 2.30 bits per heavy atom. The van der Waals surface area contributed by atoms with Gasteiger partial charge >= 0.3 is 0 Å². The summed E-state index contributed by atoms with van der Waals surface area (Å²) < 4.78 is 1.51. The first-order valence-electron chi connectivity index (χ1n) is 2.72. The third kappa shape index (κ3) is 0.426. The van der Waals surface area contributed by atoms with Crippen LogP contribution < -0.4 is 11.5 Å². The van der Waals surface area contributed by atoms with E-state index in [0.717, 1.165) is 0 Å². The second-order valence-corrected chi connectivity index (χ2v) is 1.93. The van der Waals surface area contributed by atoms with Gasteiger partial charge in [-0.25, -0.2) is 9.73 Å². The van der Waals surface area contributed by atoms with Crippen molar-refractivity contribution in [2.45, 2.75) is 0 Å². The van der Waals surface area contributed by atoms with Crippen molar-refractivity contribution in [3.63, 3.8) is 0 Å². The highest BCUT2D eigenvalue weighted by atomic mass is 15.4. The van der Waals surface area contributed by atoms with Gasteiger partial charge in [0.1, 0.15) is 5.52 Å². The van der Waals surface area contributed by atoms with Crippen LogP contribution in [0.25, 0.3) is 5.52 Å². The molecule has 0 unspecified atom stereocenters. The van der Waals surface area contributed by atoms with Crippen molar-refractivity contribution in [1.82, 2.24) is 19.8 Å². The number of H-pyrrole nitrogens is 1. The third-order valence-corrected chi connectivity index (χ3v) is 1.31. The molecule has 0 saturated heterocycles. The van der Waals surface area contributed by atoms with Gasteiger partial charge in [-0.1, -0.05) is 0 Å². The van der Waals surface area contributed by atoms with E-state index >= 15 is 0 Å². The van der Waals surface area contributed by atoms with E-state index in [9.17, 15) is 0 Å². The molecule has 5 N–H and O–H groups in total. The first kappa shape index (κ1) is 5.10. The number of imidazole rings is 1. The molecule has 0 fully saturated rings. The number of aromatic nitrogens is 4. The minimum absolute atomic E-state index is 0.324. The zero-order valence-electron chi connectivity index (χ0n) is 5.07. The van der Waals surface area contributed by atoms with Crippen molar-refractivity contribution in [2.24, 2.45) is 0 Å². The quantitative estimate of drug-likeness (QED) is 0.444. The number of nitrogen functional groups attached to an aromatic ring is 2. The van der Waals surface area contributed by atoms with Crippen molar-refractivity contribution >= 4 is 17.3 Å². The van der Waals surface area contributed by atoms with Crippen LogP contribution in [0.2, 0.25) is 0 Å². The van der Waals surface area contributed by atoms with E-state index in [4.69, 9.17) is 11.5 Å². The van der Waals surface area contributed by atoms with Crippen LogP contribution in [0.4, 0.5) is 11.8 Å². The van der Waals surface area contributed by atoms with Crippen LogP contribution in [0.15, 0.2) is 6.20 Å². The van der Waals surface area contributed by atoms with Gasteiger partial charge in [0.05, 0.1) is 6.20 Å². The molecule has 6 nitrogen and oxygen atoms in total. The lowest BCUT2D eigenvalue weighted by Gasteiger charge is -1.81. The Hall–Kier alpha value is -1.72. The molecule has 0 saturated carbocycles. The number of rotatable bonds is 0. The molecule has 0 atom stereocenters. The number of aromatic amines is 1. The van der Waals surface area contributed by atoms with E-state index in [1.54, 1.807) is 6.20 Å². The average Bonchev–Trinajstić information content (AvgIpc) is 2.39. The standard InChI is InChI=1S/C4H6N6/c5-3-2-1-7-9-10(2)4(6)8-3/h1,9H,5H2,(H2,6,8). The van der Waals surface area contributed by atoms with Crippen molar-refractivity contribution in [1.29, 1.82) is 0 Å². The molecule has 0 aromatic carbocycles. The predicted molar refractivity (Wildman–Crippen MR) is 36.2 cm³/mol. The first-order chi connectivity index (χ1) is 4.79. The van der Waals surface area contributed by atoms with Gasteiger partial charge in [0, 0.05) is 0 Å². The molecule has 0 aliphatic heterocycles. The summed E-state index contributed by atoms with van der Waals surface area (Å²) in [6.07, 6.45) is 1.57. The van der Waals surface area contributed by atoms with Gasteiger partial charge in [-0.15, -0.1) is 0 Å². The lowest BCUT2D eigenvalue weighted by atomic mass is 10.6. The van der Waals surface area contributed by atoms with Crippen LogP contribution in [0.1, 0.15) is 0 Å². The fourth-order valence-electron chi connectivity index (χ4n) is 0.845. The summed E-state index contributed by atoms with van der Waals surface area (Å²) in [4.78, 5) is 3.80. The summed E-state index contributed by atoms with van der Waals surface area (Å²) in [5.74, 6) is 0.719. The first-order valence-corrected chi connectivity index (χ1v) is 2.72. The van der Waals surface area contributed by atoms with Gasteiger partial charge in [-0.2, -0.15) is 10.1 Å². The van der Waals surface area contributed by atoms with E-state index in [0.29, 0.717) is 17.3 Å². The van der Waals surface area contributed by atoms with E-state index in [1.807, 2.05) is 0 Å². The van der Waals surface area contributed by atoms with E-state index in [-0.39, 0.29) is 0 Å². The molecule has 0 aliphatic carbocycles. The number of fused-ring (bicyclic) bond motifs is 1. The number of hydrogen-bond acceptors (Lipinski definition) is 4. The molecule has 2 heterocycles. The summed E-state index contributed by atoms with van der Waals surface area (Å²) in [6.45, 7) is 0. The Kier molecular flexibility index (Phi) is 0.717. The molecule has 2 aromatic heterocycles. The third-order valence-electron chi connectivity index (χ3n) is 1.31. The van der Waals surface area contributed by atoms with Crippen molar-refractivity contribution in [3.05, 3.63) is 6.20 Å². The van der Waals surface area contributed by atoms with Crippen LogP contribution in [0.3, 0.4) is 0 Å². The second-order valence-electron chi connectivity index (χ2n) is 1.93. The maximum absolute atomic E-state index is 5.45. The van der Waals surface area contributed by atoms with Crippen LogP contribution >= 0.6 is 0 Å². The topological polar surface area (TPSA) is 98.0 Å². The number of hydrogen-bond donors (Lipinski definition) is 3. The molecule has 0 radical (unpaired) electrons. The molecule has 6 heteroatoms. The second kappa shape index (κ2) is 1.41. The van der Waals surface area contributed by atoms with Gasteiger partial charge < -0.3 is 11.5 Å². The molecule has 0 spiro atoms. The fourth-order valence-corrected chi connectivity index (χ4v) is 0.845. The number of nitrogens with zero attached hydrogens (tertiary/aromatic N) is 3. The molecule has 10 heavy (non-hydrogen) atoms. The van der Waals surface area contributed by atoms with Gasteiger partial charge in [-0.05, 0) is 0 Å². The van der Waals surface area contributed by atoms with E-state index in [1.165, 1.54) is 4.52 Å². The van der Waals surface area contributed by atoms with E-state index in [2.05, 4.69) is 15.3 Å². The fraction of sp³-hybridized carbons (Fsp3) is 0. The molecule has 0 aliphatic rings. The van der Waals surface area contributed by atoms with Crippen LogP contribution in [0.5, 0.6) is 0 Å². The van der Waals surface area contributed by atoms with Gasteiger partial charge in [0.15, 0.2) is 5.82 Å². The molecule has 52 valence electrons. The van der Waals surface area contributed by atoms with Crippen molar-refractivity contribution < 1.29 is 0 Å². The largest absolute Gasteiger partial charge is 0.382 e. The zero-order valence-corrected chi connectivity index (χ0v) is 5.07. The average molecular weight is 138 g/mol. The highest BCUT2D eigenvalue weighted by Gasteiger charge is 2.04. The molecule has 0 amide bonds. The highest BCUT2D eigenvalue weighted by Crippen LogP contribution is 2.12. The van der Waals surface area contributed by atoms with E-state index < -0.39 is 0 Å². The lowest BCUT2D eigenvalue weighted by molar-refractivity contribution is 0.862.